The minimum Gasteiger partial charge on any atom is -0.281 e. The first kappa shape index (κ1) is 13.6. The summed E-state index contributed by atoms with van der Waals surface area (Å²) in [6.45, 7) is 0. The van der Waals surface area contributed by atoms with E-state index in [4.69, 9.17) is 0 Å². The molecule has 0 nitrogen and oxygen atoms in total. The summed E-state index contributed by atoms with van der Waals surface area (Å²) in [5.41, 5.74) is 1.59. The molecule has 3 aromatic carbocycles. The molecule has 0 heterocycles. The van der Waals surface area contributed by atoms with E-state index in [0.29, 0.717) is 5.56 Å². The maximum Gasteiger partial charge on any atom is 0.572 e. The van der Waals surface area contributed by atoms with Crippen molar-refractivity contribution in [3.8, 4) is 11.1 Å². The zero-order valence-corrected chi connectivity index (χ0v) is 12.6. The lowest BCUT2D eigenvalue weighted by Crippen LogP contribution is -2.23. The van der Waals surface area contributed by atoms with Crippen LogP contribution in [0.1, 0.15) is 0 Å². The molecule has 4 heteroatoms. The van der Waals surface area contributed by atoms with Gasteiger partial charge < -0.3 is 0 Å². The number of hydrogen-bond donors (Lipinski definition) is 0. The fraction of sp³-hybridized carbons (Fsp3) is 0. The highest BCUT2D eigenvalue weighted by Crippen LogP contribution is 2.31. The first-order valence-electron chi connectivity index (χ1n) is 6.23. The normalized spacial score (nSPS) is 10.8. The number of rotatable bonds is 2. The average molecular weight is 378 g/mol. The Hall–Kier alpha value is -1.43. The highest BCUT2D eigenvalue weighted by molar-refractivity contribution is 14.1. The van der Waals surface area contributed by atoms with Crippen LogP contribution in [-0.4, -0.2) is 7.27 Å². The molecule has 3 aromatic rings. The summed E-state index contributed by atoms with van der Waals surface area (Å²) >= 11 is 2.12. The van der Waals surface area contributed by atoms with Crippen molar-refractivity contribution < 1.29 is 8.63 Å². The van der Waals surface area contributed by atoms with E-state index in [-0.39, 0.29) is 5.46 Å². The molecular formula is C16H10BF2I. The smallest absolute Gasteiger partial charge is 0.281 e. The van der Waals surface area contributed by atoms with Gasteiger partial charge in [-0.3, -0.25) is 8.63 Å². The Morgan fingerprint density at radius 1 is 0.800 bits per heavy atom. The van der Waals surface area contributed by atoms with Crippen LogP contribution in [0.25, 0.3) is 21.9 Å². The lowest BCUT2D eigenvalue weighted by Gasteiger charge is -2.13. The predicted octanol–water partition coefficient (Wildman–Crippen LogP) is 4.75. The van der Waals surface area contributed by atoms with Gasteiger partial charge in [-0.2, -0.15) is 0 Å². The van der Waals surface area contributed by atoms with Gasteiger partial charge in [-0.25, -0.2) is 0 Å². The van der Waals surface area contributed by atoms with E-state index >= 15 is 0 Å². The molecule has 0 saturated carbocycles. The zero-order valence-electron chi connectivity index (χ0n) is 10.5. The highest BCUT2D eigenvalue weighted by atomic mass is 127. The van der Waals surface area contributed by atoms with Gasteiger partial charge in [0.25, 0.3) is 0 Å². The molecule has 0 N–H and O–H groups in total. The Labute approximate surface area is 130 Å². The van der Waals surface area contributed by atoms with E-state index in [1.807, 2.05) is 48.5 Å². The largest absolute Gasteiger partial charge is 0.572 e. The molecule has 98 valence electrons. The van der Waals surface area contributed by atoms with Crippen molar-refractivity contribution in [1.82, 2.24) is 0 Å². The molecule has 0 saturated heterocycles. The molecule has 0 fully saturated rings. The number of fused-ring (bicyclic) bond motifs is 1. The standard InChI is InChI=1S/C16H10BF2I/c18-17(19)14-9-4-10-15(20)16(14)13-8-3-6-11-5-1-2-7-12(11)13/h1-10H. The first-order valence-corrected chi connectivity index (χ1v) is 7.31. The summed E-state index contributed by atoms with van der Waals surface area (Å²) in [5, 5.41) is 2.06. The van der Waals surface area contributed by atoms with Gasteiger partial charge in [0.1, 0.15) is 0 Å². The third kappa shape index (κ3) is 2.33. The van der Waals surface area contributed by atoms with Crippen molar-refractivity contribution in [3.63, 3.8) is 0 Å². The maximum absolute atomic E-state index is 13.3. The van der Waals surface area contributed by atoms with Crippen molar-refractivity contribution in [3.05, 3.63) is 64.2 Å². The second-order valence-electron chi connectivity index (χ2n) is 4.53. The van der Waals surface area contributed by atoms with Gasteiger partial charge in [0.2, 0.25) is 0 Å². The van der Waals surface area contributed by atoms with E-state index < -0.39 is 7.27 Å². The van der Waals surface area contributed by atoms with Crippen LogP contribution in [0.3, 0.4) is 0 Å². The Bertz CT molecular complexity index is 766. The van der Waals surface area contributed by atoms with Crippen LogP contribution in [0.4, 0.5) is 8.63 Å². The van der Waals surface area contributed by atoms with Gasteiger partial charge in [0, 0.05) is 9.03 Å². The molecular weight excluding hydrogens is 368 g/mol. The SMILES string of the molecule is FB(F)c1cccc(I)c1-c1cccc2ccccc12. The van der Waals surface area contributed by atoms with Gasteiger partial charge in [-0.1, -0.05) is 54.6 Å². The molecule has 0 spiro atoms. The van der Waals surface area contributed by atoms with Crippen molar-refractivity contribution in [2.24, 2.45) is 0 Å². The summed E-state index contributed by atoms with van der Waals surface area (Å²) in [4.78, 5) is 0. The van der Waals surface area contributed by atoms with E-state index in [2.05, 4.69) is 22.6 Å². The number of halogens is 3. The van der Waals surface area contributed by atoms with Gasteiger partial charge >= 0.3 is 7.27 Å². The quantitative estimate of drug-likeness (QED) is 0.446. The predicted molar refractivity (Wildman–Crippen MR) is 89.7 cm³/mol. The van der Waals surface area contributed by atoms with Crippen molar-refractivity contribution in [2.75, 3.05) is 0 Å². The van der Waals surface area contributed by atoms with Crippen LogP contribution in [0, 0.1) is 3.57 Å². The van der Waals surface area contributed by atoms with Crippen molar-refractivity contribution in [1.29, 1.82) is 0 Å². The number of benzene rings is 3. The van der Waals surface area contributed by atoms with Gasteiger partial charge in [-0.15, -0.1) is 0 Å². The molecule has 20 heavy (non-hydrogen) atoms. The Balaban J connectivity index is 2.37. The molecule has 0 amide bonds. The van der Waals surface area contributed by atoms with Crippen molar-refractivity contribution >= 4 is 46.1 Å². The fourth-order valence-corrected chi connectivity index (χ4v) is 3.26. The minimum absolute atomic E-state index is 0.0910. The van der Waals surface area contributed by atoms with Gasteiger partial charge in [0.15, 0.2) is 0 Å². The summed E-state index contributed by atoms with van der Waals surface area (Å²) in [7, 11) is -2.47. The molecule has 0 aliphatic heterocycles. The fourth-order valence-electron chi connectivity index (χ4n) is 2.45. The molecule has 0 radical (unpaired) electrons. The minimum atomic E-state index is -2.47. The molecule has 3 rings (SSSR count). The average Bonchev–Trinajstić information content (AvgIpc) is 2.46. The van der Waals surface area contributed by atoms with E-state index in [9.17, 15) is 8.63 Å². The van der Waals surface area contributed by atoms with Crippen LogP contribution >= 0.6 is 22.6 Å². The highest BCUT2D eigenvalue weighted by Gasteiger charge is 2.23. The van der Waals surface area contributed by atoms with Crippen LogP contribution in [0.2, 0.25) is 0 Å². The van der Waals surface area contributed by atoms with Crippen molar-refractivity contribution in [2.45, 2.75) is 0 Å². The Kier molecular flexibility index (Phi) is 3.74. The Morgan fingerprint density at radius 2 is 1.50 bits per heavy atom. The zero-order chi connectivity index (χ0) is 14.1. The Morgan fingerprint density at radius 3 is 2.30 bits per heavy atom. The maximum atomic E-state index is 13.3. The third-order valence-electron chi connectivity index (χ3n) is 3.34. The summed E-state index contributed by atoms with van der Waals surface area (Å²) < 4.78 is 27.4. The topological polar surface area (TPSA) is 0 Å². The van der Waals surface area contributed by atoms with Crippen LogP contribution in [0.15, 0.2) is 60.7 Å². The molecule has 0 aliphatic rings. The molecule has 0 unspecified atom stereocenters. The van der Waals surface area contributed by atoms with Crippen LogP contribution < -0.4 is 5.46 Å². The summed E-state index contributed by atoms with van der Waals surface area (Å²) in [6, 6.07) is 18.7. The van der Waals surface area contributed by atoms with Gasteiger partial charge in [-0.05, 0) is 50.6 Å². The van der Waals surface area contributed by atoms with Gasteiger partial charge in [0.05, 0.1) is 0 Å². The monoisotopic (exact) mass is 378 g/mol. The lowest BCUT2D eigenvalue weighted by molar-refractivity contribution is 0.685. The summed E-state index contributed by atoms with van der Waals surface area (Å²) in [6.07, 6.45) is 0. The van der Waals surface area contributed by atoms with E-state index in [1.54, 1.807) is 6.07 Å². The van der Waals surface area contributed by atoms with E-state index in [0.717, 1.165) is 19.9 Å². The van der Waals surface area contributed by atoms with Crippen LogP contribution in [-0.2, 0) is 0 Å². The molecule has 0 atom stereocenters. The summed E-state index contributed by atoms with van der Waals surface area (Å²) in [5.74, 6) is 0. The molecule has 0 bridgehead atoms. The second kappa shape index (κ2) is 5.52. The molecule has 0 aliphatic carbocycles. The first-order chi connectivity index (χ1) is 9.68. The lowest BCUT2D eigenvalue weighted by atomic mass is 9.79. The third-order valence-corrected chi connectivity index (χ3v) is 4.24. The van der Waals surface area contributed by atoms with E-state index in [1.165, 1.54) is 6.07 Å². The second-order valence-corrected chi connectivity index (χ2v) is 5.69. The number of hydrogen-bond acceptors (Lipinski definition) is 0. The molecule has 0 aromatic heterocycles. The van der Waals surface area contributed by atoms with Crippen LogP contribution in [0.5, 0.6) is 0 Å².